The van der Waals surface area contributed by atoms with Gasteiger partial charge in [0.2, 0.25) is 0 Å². The second-order valence-electron chi connectivity index (χ2n) is 4.70. The highest BCUT2D eigenvalue weighted by Crippen LogP contribution is 2.25. The zero-order valence-corrected chi connectivity index (χ0v) is 12.4. The Hall–Kier alpha value is -2.73. The first-order valence-electron chi connectivity index (χ1n) is 6.57. The summed E-state index contributed by atoms with van der Waals surface area (Å²) in [6.07, 6.45) is 0. The number of aromatic hydroxyl groups is 1. The fourth-order valence-corrected chi connectivity index (χ4v) is 2.14. The Balaban J connectivity index is 1.95. The van der Waals surface area contributed by atoms with Gasteiger partial charge in [-0.15, -0.1) is 0 Å². The standard InChI is InChI=1S/C16H10ClF2N3O/c17-14-8-15(20-13-6-5-11(23)7-12(13)19)22-16(21-14)9-1-3-10(18)4-2-9/h1-8,23H,(H,20,21,22). The average molecular weight is 334 g/mol. The summed E-state index contributed by atoms with van der Waals surface area (Å²) in [5.74, 6) is -0.641. The molecule has 0 saturated heterocycles. The summed E-state index contributed by atoms with van der Waals surface area (Å²) in [5, 5.41) is 12.1. The van der Waals surface area contributed by atoms with Gasteiger partial charge in [-0.3, -0.25) is 0 Å². The van der Waals surface area contributed by atoms with E-state index in [1.807, 2.05) is 0 Å². The molecule has 0 radical (unpaired) electrons. The topological polar surface area (TPSA) is 58.0 Å². The Morgan fingerprint density at radius 2 is 1.70 bits per heavy atom. The third kappa shape index (κ3) is 3.54. The third-order valence-electron chi connectivity index (χ3n) is 3.01. The van der Waals surface area contributed by atoms with Crippen LogP contribution in [0.2, 0.25) is 5.15 Å². The number of benzene rings is 2. The molecule has 0 saturated carbocycles. The normalized spacial score (nSPS) is 10.6. The van der Waals surface area contributed by atoms with Crippen molar-refractivity contribution in [3.05, 3.63) is 65.3 Å². The molecule has 116 valence electrons. The van der Waals surface area contributed by atoms with Crippen molar-refractivity contribution >= 4 is 23.1 Å². The quantitative estimate of drug-likeness (QED) is 0.546. The molecular weight excluding hydrogens is 324 g/mol. The maximum atomic E-state index is 13.8. The number of hydrogen-bond donors (Lipinski definition) is 2. The average Bonchev–Trinajstić information content (AvgIpc) is 2.50. The summed E-state index contributed by atoms with van der Waals surface area (Å²) >= 11 is 5.96. The fraction of sp³-hybridized carbons (Fsp3) is 0. The van der Waals surface area contributed by atoms with Crippen LogP contribution in [0.1, 0.15) is 0 Å². The minimum Gasteiger partial charge on any atom is -0.508 e. The van der Waals surface area contributed by atoms with Crippen LogP contribution in [0, 0.1) is 11.6 Å². The van der Waals surface area contributed by atoms with Crippen molar-refractivity contribution in [1.29, 1.82) is 0 Å². The van der Waals surface area contributed by atoms with Crippen LogP contribution in [0.5, 0.6) is 5.75 Å². The molecule has 0 unspecified atom stereocenters. The largest absolute Gasteiger partial charge is 0.508 e. The second kappa shape index (κ2) is 6.18. The zero-order valence-electron chi connectivity index (χ0n) is 11.6. The first kappa shape index (κ1) is 15.2. The molecule has 23 heavy (non-hydrogen) atoms. The number of nitrogens with zero attached hydrogens (tertiary/aromatic N) is 2. The maximum absolute atomic E-state index is 13.8. The van der Waals surface area contributed by atoms with Crippen molar-refractivity contribution in [3.63, 3.8) is 0 Å². The second-order valence-corrected chi connectivity index (χ2v) is 5.08. The number of nitrogens with one attached hydrogen (secondary N) is 1. The summed E-state index contributed by atoms with van der Waals surface area (Å²) in [6, 6.07) is 10.7. The van der Waals surface area contributed by atoms with Crippen molar-refractivity contribution in [2.45, 2.75) is 0 Å². The van der Waals surface area contributed by atoms with Crippen LogP contribution in [-0.2, 0) is 0 Å². The predicted molar refractivity (Wildman–Crippen MR) is 83.8 cm³/mol. The molecule has 4 nitrogen and oxygen atoms in total. The van der Waals surface area contributed by atoms with Crippen LogP contribution in [0.3, 0.4) is 0 Å². The van der Waals surface area contributed by atoms with E-state index in [1.54, 1.807) is 0 Å². The molecule has 1 heterocycles. The van der Waals surface area contributed by atoms with Gasteiger partial charge >= 0.3 is 0 Å². The lowest BCUT2D eigenvalue weighted by molar-refractivity contribution is 0.469. The SMILES string of the molecule is Oc1ccc(Nc2cc(Cl)nc(-c3ccc(F)cc3)n2)c(F)c1. The monoisotopic (exact) mass is 333 g/mol. The molecular formula is C16H10ClF2N3O. The van der Waals surface area contributed by atoms with Crippen LogP contribution < -0.4 is 5.32 Å². The van der Waals surface area contributed by atoms with Gasteiger partial charge in [-0.2, -0.15) is 0 Å². The lowest BCUT2D eigenvalue weighted by Gasteiger charge is -2.09. The van der Waals surface area contributed by atoms with Gasteiger partial charge in [0.1, 0.15) is 28.4 Å². The molecule has 0 aliphatic rings. The molecule has 1 aromatic heterocycles. The highest BCUT2D eigenvalue weighted by molar-refractivity contribution is 6.29. The smallest absolute Gasteiger partial charge is 0.163 e. The highest BCUT2D eigenvalue weighted by Gasteiger charge is 2.09. The molecule has 3 rings (SSSR count). The Bertz CT molecular complexity index is 856. The number of anilines is 2. The maximum Gasteiger partial charge on any atom is 0.163 e. The van der Waals surface area contributed by atoms with E-state index in [0.717, 1.165) is 6.07 Å². The van der Waals surface area contributed by atoms with Crippen LogP contribution >= 0.6 is 11.6 Å². The van der Waals surface area contributed by atoms with E-state index in [0.29, 0.717) is 5.56 Å². The van der Waals surface area contributed by atoms with Crippen LogP contribution in [0.4, 0.5) is 20.3 Å². The minimum atomic E-state index is -0.636. The number of halogens is 3. The Morgan fingerprint density at radius 1 is 0.957 bits per heavy atom. The molecule has 0 bridgehead atoms. The van der Waals surface area contributed by atoms with Crippen LogP contribution in [-0.4, -0.2) is 15.1 Å². The van der Waals surface area contributed by atoms with Crippen molar-refractivity contribution in [1.82, 2.24) is 9.97 Å². The van der Waals surface area contributed by atoms with Gasteiger partial charge < -0.3 is 10.4 Å². The number of hydrogen-bond acceptors (Lipinski definition) is 4. The molecule has 0 spiro atoms. The predicted octanol–water partition coefficient (Wildman–Crippen LogP) is 4.52. The van der Waals surface area contributed by atoms with E-state index >= 15 is 0 Å². The number of rotatable bonds is 3. The van der Waals surface area contributed by atoms with Crippen molar-refractivity contribution in [3.8, 4) is 17.1 Å². The Labute approximate surface area is 135 Å². The molecule has 7 heteroatoms. The van der Waals surface area contributed by atoms with Gasteiger partial charge in [0.25, 0.3) is 0 Å². The van der Waals surface area contributed by atoms with Crippen LogP contribution in [0.15, 0.2) is 48.5 Å². The molecule has 2 aromatic carbocycles. The first-order valence-corrected chi connectivity index (χ1v) is 6.95. The molecule has 2 N–H and O–H groups in total. The lowest BCUT2D eigenvalue weighted by atomic mass is 10.2. The van der Waals surface area contributed by atoms with Gasteiger partial charge in [0, 0.05) is 17.7 Å². The van der Waals surface area contributed by atoms with Gasteiger partial charge in [-0.25, -0.2) is 18.7 Å². The van der Waals surface area contributed by atoms with E-state index in [1.165, 1.54) is 42.5 Å². The minimum absolute atomic E-state index is 0.127. The van der Waals surface area contributed by atoms with Gasteiger partial charge in [-0.1, -0.05) is 11.6 Å². The van der Waals surface area contributed by atoms with Gasteiger partial charge in [-0.05, 0) is 36.4 Å². The summed E-state index contributed by atoms with van der Waals surface area (Å²) in [7, 11) is 0. The zero-order chi connectivity index (χ0) is 16.4. The van der Waals surface area contributed by atoms with E-state index in [2.05, 4.69) is 15.3 Å². The van der Waals surface area contributed by atoms with E-state index < -0.39 is 5.82 Å². The lowest BCUT2D eigenvalue weighted by Crippen LogP contribution is -1.99. The summed E-state index contributed by atoms with van der Waals surface area (Å²) in [4.78, 5) is 8.30. The third-order valence-corrected chi connectivity index (χ3v) is 3.21. The summed E-state index contributed by atoms with van der Waals surface area (Å²) < 4.78 is 26.7. The first-order chi connectivity index (χ1) is 11.0. The summed E-state index contributed by atoms with van der Waals surface area (Å²) in [5.41, 5.74) is 0.700. The highest BCUT2D eigenvalue weighted by atomic mass is 35.5. The number of phenolic OH excluding ortho intramolecular Hbond substituents is 1. The van der Waals surface area contributed by atoms with E-state index in [9.17, 15) is 13.9 Å². The number of phenols is 1. The Morgan fingerprint density at radius 3 is 2.39 bits per heavy atom. The molecule has 3 aromatic rings. The molecule has 0 aliphatic carbocycles. The van der Waals surface area contributed by atoms with E-state index in [-0.39, 0.29) is 34.0 Å². The summed E-state index contributed by atoms with van der Waals surface area (Å²) in [6.45, 7) is 0. The Kier molecular flexibility index (Phi) is 4.08. The van der Waals surface area contributed by atoms with Crippen LogP contribution in [0.25, 0.3) is 11.4 Å². The van der Waals surface area contributed by atoms with Crippen molar-refractivity contribution < 1.29 is 13.9 Å². The molecule has 0 amide bonds. The van der Waals surface area contributed by atoms with Gasteiger partial charge in [0.15, 0.2) is 5.82 Å². The number of aromatic nitrogens is 2. The van der Waals surface area contributed by atoms with Crippen molar-refractivity contribution in [2.75, 3.05) is 5.32 Å². The molecule has 0 atom stereocenters. The molecule has 0 aliphatic heterocycles. The fourth-order valence-electron chi connectivity index (χ4n) is 1.95. The van der Waals surface area contributed by atoms with Crippen molar-refractivity contribution in [2.24, 2.45) is 0 Å². The molecule has 0 fully saturated rings. The van der Waals surface area contributed by atoms with E-state index in [4.69, 9.17) is 11.6 Å². The van der Waals surface area contributed by atoms with Gasteiger partial charge in [0.05, 0.1) is 5.69 Å².